The Hall–Kier alpha value is -2.65. The van der Waals surface area contributed by atoms with Gasteiger partial charge in [-0.1, -0.05) is 36.4 Å². The highest BCUT2D eigenvalue weighted by Gasteiger charge is 2.26. The Morgan fingerprint density at radius 3 is 2.58 bits per heavy atom. The van der Waals surface area contributed by atoms with Crippen LogP contribution in [0.2, 0.25) is 0 Å². The first kappa shape index (κ1) is 14.9. The SMILES string of the molecule is CN(CCc1ccccn1)c1ccc2c(c1)C(O)c1ccccc1-2. The monoisotopic (exact) mass is 316 g/mol. The maximum absolute atomic E-state index is 10.6. The Morgan fingerprint density at radius 2 is 1.75 bits per heavy atom. The Bertz CT molecular complexity index is 861. The van der Waals surface area contributed by atoms with Gasteiger partial charge in [-0.3, -0.25) is 4.98 Å². The molecule has 0 bridgehead atoms. The predicted molar refractivity (Wildman–Crippen MR) is 97.2 cm³/mol. The number of benzene rings is 2. The van der Waals surface area contributed by atoms with Gasteiger partial charge in [0, 0.05) is 37.6 Å². The van der Waals surface area contributed by atoms with Crippen LogP contribution in [-0.4, -0.2) is 23.7 Å². The minimum Gasteiger partial charge on any atom is -0.384 e. The van der Waals surface area contributed by atoms with Crippen molar-refractivity contribution in [3.8, 4) is 11.1 Å². The van der Waals surface area contributed by atoms with Crippen LogP contribution in [-0.2, 0) is 6.42 Å². The van der Waals surface area contributed by atoms with E-state index in [1.807, 2.05) is 36.5 Å². The van der Waals surface area contributed by atoms with Crippen LogP contribution >= 0.6 is 0 Å². The van der Waals surface area contributed by atoms with Crippen molar-refractivity contribution in [2.75, 3.05) is 18.5 Å². The molecule has 0 spiro atoms. The molecule has 1 N–H and O–H groups in total. The summed E-state index contributed by atoms with van der Waals surface area (Å²) in [6.45, 7) is 0.888. The number of hydrogen-bond acceptors (Lipinski definition) is 3. The number of pyridine rings is 1. The standard InChI is InChI=1S/C21H20N2O/c1-23(13-11-15-6-4-5-12-22-15)16-9-10-18-17-7-2-3-8-19(17)21(24)20(18)14-16/h2-10,12,14,21,24H,11,13H2,1H3. The molecule has 0 aliphatic heterocycles. The number of nitrogens with zero attached hydrogens (tertiary/aromatic N) is 2. The highest BCUT2D eigenvalue weighted by atomic mass is 16.3. The van der Waals surface area contributed by atoms with Gasteiger partial charge in [-0.2, -0.15) is 0 Å². The lowest BCUT2D eigenvalue weighted by atomic mass is 10.1. The molecule has 4 rings (SSSR count). The van der Waals surface area contributed by atoms with E-state index in [0.29, 0.717) is 0 Å². The molecule has 1 unspecified atom stereocenters. The van der Waals surface area contributed by atoms with Gasteiger partial charge >= 0.3 is 0 Å². The van der Waals surface area contributed by atoms with E-state index < -0.39 is 6.10 Å². The van der Waals surface area contributed by atoms with E-state index in [-0.39, 0.29) is 0 Å². The van der Waals surface area contributed by atoms with E-state index in [1.54, 1.807) is 0 Å². The fourth-order valence-electron chi connectivity index (χ4n) is 3.36. The first-order valence-electron chi connectivity index (χ1n) is 8.26. The van der Waals surface area contributed by atoms with E-state index >= 15 is 0 Å². The molecule has 2 aromatic carbocycles. The molecule has 1 aromatic heterocycles. The van der Waals surface area contributed by atoms with Gasteiger partial charge in [0.05, 0.1) is 0 Å². The number of rotatable bonds is 4. The molecule has 3 aromatic rings. The molecule has 1 heterocycles. The van der Waals surface area contributed by atoms with Gasteiger partial charge in [0.25, 0.3) is 0 Å². The second-order valence-electron chi connectivity index (χ2n) is 6.25. The number of fused-ring (bicyclic) bond motifs is 3. The molecule has 0 radical (unpaired) electrons. The number of hydrogen-bond donors (Lipinski definition) is 1. The number of aliphatic hydroxyl groups is 1. The largest absolute Gasteiger partial charge is 0.384 e. The molecule has 120 valence electrons. The summed E-state index contributed by atoms with van der Waals surface area (Å²) >= 11 is 0. The van der Waals surface area contributed by atoms with Crippen molar-refractivity contribution in [3.63, 3.8) is 0 Å². The molecule has 0 saturated heterocycles. The molecular weight excluding hydrogens is 296 g/mol. The lowest BCUT2D eigenvalue weighted by Crippen LogP contribution is -2.20. The van der Waals surface area contributed by atoms with Gasteiger partial charge in [-0.05, 0) is 46.5 Å². The molecule has 24 heavy (non-hydrogen) atoms. The minimum absolute atomic E-state index is 0.527. The zero-order chi connectivity index (χ0) is 16.5. The molecule has 0 fully saturated rings. The second-order valence-corrected chi connectivity index (χ2v) is 6.25. The van der Waals surface area contributed by atoms with Crippen LogP contribution in [0, 0.1) is 0 Å². The molecule has 1 atom stereocenters. The van der Waals surface area contributed by atoms with Crippen molar-refractivity contribution in [2.45, 2.75) is 12.5 Å². The van der Waals surface area contributed by atoms with Crippen LogP contribution in [0.25, 0.3) is 11.1 Å². The van der Waals surface area contributed by atoms with E-state index in [4.69, 9.17) is 0 Å². The van der Waals surface area contributed by atoms with Gasteiger partial charge in [0.2, 0.25) is 0 Å². The van der Waals surface area contributed by atoms with Crippen molar-refractivity contribution in [2.24, 2.45) is 0 Å². The van der Waals surface area contributed by atoms with Crippen LogP contribution in [0.5, 0.6) is 0 Å². The predicted octanol–water partition coefficient (Wildman–Crippen LogP) is 3.82. The summed E-state index contributed by atoms with van der Waals surface area (Å²) in [5.41, 5.74) is 6.50. The lowest BCUT2D eigenvalue weighted by molar-refractivity contribution is 0.225. The maximum Gasteiger partial charge on any atom is 0.105 e. The first-order valence-corrected chi connectivity index (χ1v) is 8.26. The number of anilines is 1. The van der Waals surface area contributed by atoms with E-state index in [9.17, 15) is 5.11 Å². The lowest BCUT2D eigenvalue weighted by Gasteiger charge is -2.20. The zero-order valence-electron chi connectivity index (χ0n) is 13.7. The highest BCUT2D eigenvalue weighted by molar-refractivity contribution is 5.80. The van der Waals surface area contributed by atoms with Gasteiger partial charge in [-0.15, -0.1) is 0 Å². The van der Waals surface area contributed by atoms with Crippen molar-refractivity contribution in [3.05, 3.63) is 83.7 Å². The Labute approximate surface area is 142 Å². The van der Waals surface area contributed by atoms with Gasteiger partial charge in [-0.25, -0.2) is 0 Å². The van der Waals surface area contributed by atoms with Crippen LogP contribution < -0.4 is 4.90 Å². The van der Waals surface area contributed by atoms with Gasteiger partial charge < -0.3 is 10.0 Å². The number of likely N-dealkylation sites (N-methyl/N-ethyl adjacent to an activating group) is 1. The molecule has 1 aliphatic carbocycles. The molecule has 3 nitrogen and oxygen atoms in total. The Morgan fingerprint density at radius 1 is 0.958 bits per heavy atom. The number of aromatic nitrogens is 1. The quantitative estimate of drug-likeness (QED) is 0.795. The summed E-state index contributed by atoms with van der Waals surface area (Å²) in [6, 6.07) is 20.5. The van der Waals surface area contributed by atoms with Gasteiger partial charge in [0.15, 0.2) is 0 Å². The third kappa shape index (κ3) is 2.57. The average molecular weight is 316 g/mol. The molecule has 3 heteroatoms. The fourth-order valence-corrected chi connectivity index (χ4v) is 3.36. The summed E-state index contributed by atoms with van der Waals surface area (Å²) in [6.07, 6.45) is 2.20. The minimum atomic E-state index is -0.527. The van der Waals surface area contributed by atoms with E-state index in [0.717, 1.165) is 46.6 Å². The third-order valence-electron chi connectivity index (χ3n) is 4.75. The molecule has 0 amide bonds. The summed E-state index contributed by atoms with van der Waals surface area (Å²) in [5, 5.41) is 10.6. The average Bonchev–Trinajstić information content (AvgIpc) is 2.93. The summed E-state index contributed by atoms with van der Waals surface area (Å²) in [5.74, 6) is 0. The fraction of sp³-hybridized carbons (Fsp3) is 0.190. The Kier molecular flexibility index (Phi) is 3.79. The van der Waals surface area contributed by atoms with Crippen molar-refractivity contribution < 1.29 is 5.11 Å². The normalized spacial score (nSPS) is 15.0. The van der Waals surface area contributed by atoms with Crippen LogP contribution in [0.1, 0.15) is 22.9 Å². The topological polar surface area (TPSA) is 36.4 Å². The Balaban J connectivity index is 1.56. The zero-order valence-corrected chi connectivity index (χ0v) is 13.7. The van der Waals surface area contributed by atoms with E-state index in [2.05, 4.69) is 47.3 Å². The molecular formula is C21H20N2O. The van der Waals surface area contributed by atoms with Crippen molar-refractivity contribution in [1.82, 2.24) is 4.98 Å². The van der Waals surface area contributed by atoms with Crippen LogP contribution in [0.15, 0.2) is 66.9 Å². The van der Waals surface area contributed by atoms with E-state index in [1.165, 1.54) is 0 Å². The highest BCUT2D eigenvalue weighted by Crippen LogP contribution is 2.44. The van der Waals surface area contributed by atoms with Crippen LogP contribution in [0.3, 0.4) is 0 Å². The van der Waals surface area contributed by atoms with Crippen LogP contribution in [0.4, 0.5) is 5.69 Å². The smallest absolute Gasteiger partial charge is 0.105 e. The second kappa shape index (κ2) is 6.10. The van der Waals surface area contributed by atoms with Crippen molar-refractivity contribution >= 4 is 5.69 Å². The number of aliphatic hydroxyl groups excluding tert-OH is 1. The molecule has 1 aliphatic rings. The first-order chi connectivity index (χ1) is 11.7. The summed E-state index contributed by atoms with van der Waals surface area (Å²) in [4.78, 5) is 6.59. The molecule has 0 saturated carbocycles. The van der Waals surface area contributed by atoms with Gasteiger partial charge in [0.1, 0.15) is 6.10 Å². The maximum atomic E-state index is 10.6. The summed E-state index contributed by atoms with van der Waals surface area (Å²) in [7, 11) is 2.08. The third-order valence-corrected chi connectivity index (χ3v) is 4.75. The van der Waals surface area contributed by atoms with Crippen molar-refractivity contribution in [1.29, 1.82) is 0 Å². The summed E-state index contributed by atoms with van der Waals surface area (Å²) < 4.78 is 0.